The number of nitrogens with one attached hydrogen (secondary N) is 2. The Morgan fingerprint density at radius 3 is 2.43 bits per heavy atom. The molecule has 0 aliphatic heterocycles. The molecule has 4 aromatic rings. The number of aliphatic imine (C=N–C) groups is 1. The van der Waals surface area contributed by atoms with Gasteiger partial charge >= 0.3 is 0 Å². The summed E-state index contributed by atoms with van der Waals surface area (Å²) in [6, 6.07) is 19.5. The molecule has 0 atom stereocenters. The van der Waals surface area contributed by atoms with E-state index in [9.17, 15) is 23.6 Å². The lowest BCUT2D eigenvalue weighted by Crippen LogP contribution is -2.27. The molecule has 3 N–H and O–H groups in total. The smallest absolute Gasteiger partial charge is 0.270 e. The Morgan fingerprint density at radius 2 is 1.78 bits per heavy atom. The first kappa shape index (κ1) is 26.0. The van der Waals surface area contributed by atoms with Crippen LogP contribution in [0.2, 0.25) is 0 Å². The third-order valence-corrected chi connectivity index (χ3v) is 7.20. The summed E-state index contributed by atoms with van der Waals surface area (Å²) < 4.78 is 27.9. The van der Waals surface area contributed by atoms with E-state index in [1.54, 1.807) is 12.1 Å². The summed E-state index contributed by atoms with van der Waals surface area (Å²) in [5.41, 5.74) is 2.21. The summed E-state index contributed by atoms with van der Waals surface area (Å²) in [6.07, 6.45) is 0.682. The summed E-state index contributed by atoms with van der Waals surface area (Å²) in [5, 5.41) is 22.6. The lowest BCUT2D eigenvalue weighted by atomic mass is 10.0. The van der Waals surface area contributed by atoms with Gasteiger partial charge in [0.25, 0.3) is 5.69 Å². The van der Waals surface area contributed by atoms with E-state index in [2.05, 4.69) is 9.71 Å². The van der Waals surface area contributed by atoms with E-state index in [0.717, 1.165) is 6.54 Å². The number of rotatable bonds is 10. The zero-order chi connectivity index (χ0) is 26.6. The average Bonchev–Trinajstić information content (AvgIpc) is 3.20. The Bertz CT molecular complexity index is 1550. The fourth-order valence-corrected chi connectivity index (χ4v) is 4.97. The minimum Gasteiger partial charge on any atom is -0.494 e. The van der Waals surface area contributed by atoms with Gasteiger partial charge in [0, 0.05) is 35.1 Å². The number of non-ortho nitro benzene ring substituents is 1. The third kappa shape index (κ3) is 6.02. The summed E-state index contributed by atoms with van der Waals surface area (Å²) in [6.45, 7) is 1.09. The molecular weight excluding hydrogens is 494 g/mol. The van der Waals surface area contributed by atoms with Crippen LogP contribution in [-0.4, -0.2) is 61.2 Å². The lowest BCUT2D eigenvalue weighted by Gasteiger charge is -2.11. The van der Waals surface area contributed by atoms with Crippen LogP contribution in [0.25, 0.3) is 10.9 Å². The van der Waals surface area contributed by atoms with Crippen molar-refractivity contribution in [2.24, 2.45) is 4.99 Å². The van der Waals surface area contributed by atoms with Crippen LogP contribution in [0.4, 0.5) is 11.4 Å². The quantitative estimate of drug-likeness (QED) is 0.124. The molecule has 192 valence electrons. The summed E-state index contributed by atoms with van der Waals surface area (Å²) >= 11 is 0. The van der Waals surface area contributed by atoms with Crippen molar-refractivity contribution in [3.63, 3.8) is 0 Å². The van der Waals surface area contributed by atoms with Crippen molar-refractivity contribution in [2.75, 3.05) is 27.2 Å². The van der Waals surface area contributed by atoms with Gasteiger partial charge in [-0.1, -0.05) is 30.3 Å². The van der Waals surface area contributed by atoms with Crippen LogP contribution in [0.3, 0.4) is 0 Å². The molecule has 0 aliphatic rings. The number of fused-ring (bicyclic) bond motifs is 1. The van der Waals surface area contributed by atoms with Gasteiger partial charge in [0.05, 0.1) is 26.8 Å². The number of aromatic amines is 1. The van der Waals surface area contributed by atoms with E-state index >= 15 is 0 Å². The standard InChI is InChI=1S/C26H27N5O5S/c1-30(2)16-6-15-27-37(35,36)21-12-9-19(10-13-21)28-25(18-7-4-3-5-8-18)24-22-17-20(31(33)34)11-14-23(22)29-26(24)32/h3-5,7-14,17,27,29,32H,6,15-16H2,1-2H3. The number of nitro benzene ring substituents is 1. The van der Waals surface area contributed by atoms with Gasteiger partial charge in [0.2, 0.25) is 10.0 Å². The molecule has 0 saturated heterocycles. The molecule has 4 rings (SSSR count). The highest BCUT2D eigenvalue weighted by atomic mass is 32.2. The van der Waals surface area contributed by atoms with Gasteiger partial charge in [-0.15, -0.1) is 0 Å². The van der Waals surface area contributed by atoms with Gasteiger partial charge in [-0.25, -0.2) is 18.1 Å². The van der Waals surface area contributed by atoms with E-state index in [1.165, 1.54) is 30.3 Å². The van der Waals surface area contributed by atoms with Crippen LogP contribution in [0, 0.1) is 10.1 Å². The van der Waals surface area contributed by atoms with E-state index in [-0.39, 0.29) is 16.5 Å². The van der Waals surface area contributed by atoms with Crippen molar-refractivity contribution in [3.8, 4) is 5.88 Å². The van der Waals surface area contributed by atoms with Gasteiger partial charge in [0.15, 0.2) is 5.88 Å². The molecule has 0 fully saturated rings. The maximum atomic E-state index is 12.6. The van der Waals surface area contributed by atoms with Crippen LogP contribution in [-0.2, 0) is 10.0 Å². The van der Waals surface area contributed by atoms with Crippen molar-refractivity contribution in [1.82, 2.24) is 14.6 Å². The average molecular weight is 522 g/mol. The molecule has 0 bridgehead atoms. The number of aromatic hydroxyl groups is 1. The van der Waals surface area contributed by atoms with Crippen molar-refractivity contribution in [1.29, 1.82) is 0 Å². The minimum atomic E-state index is -3.67. The molecule has 0 aliphatic carbocycles. The number of nitrogens with zero attached hydrogens (tertiary/aromatic N) is 3. The number of H-pyrrole nitrogens is 1. The topological polar surface area (TPSA) is 141 Å². The second kappa shape index (κ2) is 10.9. The molecule has 1 heterocycles. The summed E-state index contributed by atoms with van der Waals surface area (Å²) in [4.78, 5) is 20.5. The minimum absolute atomic E-state index is 0.114. The molecule has 11 heteroatoms. The van der Waals surface area contributed by atoms with Crippen LogP contribution in [0.5, 0.6) is 5.88 Å². The highest BCUT2D eigenvalue weighted by Gasteiger charge is 2.21. The lowest BCUT2D eigenvalue weighted by molar-refractivity contribution is -0.384. The number of aromatic nitrogens is 1. The molecule has 1 aromatic heterocycles. The molecule has 0 saturated carbocycles. The molecule has 3 aromatic carbocycles. The van der Waals surface area contributed by atoms with E-state index in [0.29, 0.717) is 46.4 Å². The molecule has 0 amide bonds. The highest BCUT2D eigenvalue weighted by Crippen LogP contribution is 2.33. The SMILES string of the molecule is CN(C)CCCNS(=O)(=O)c1ccc(N=C(c2ccccc2)c2c(O)[nH]c3ccc([N+](=O)[O-])cc23)cc1. The fourth-order valence-electron chi connectivity index (χ4n) is 3.89. The van der Waals surface area contributed by atoms with Gasteiger partial charge in [-0.05, 0) is 57.4 Å². The van der Waals surface area contributed by atoms with E-state index < -0.39 is 14.9 Å². The largest absolute Gasteiger partial charge is 0.494 e. The van der Waals surface area contributed by atoms with Gasteiger partial charge < -0.3 is 15.0 Å². The predicted octanol–water partition coefficient (Wildman–Crippen LogP) is 4.18. The number of nitro groups is 1. The van der Waals surface area contributed by atoms with Crippen molar-refractivity contribution >= 4 is 38.0 Å². The molecule has 10 nitrogen and oxygen atoms in total. The second-order valence-electron chi connectivity index (χ2n) is 8.71. The fraction of sp³-hybridized carbons (Fsp3) is 0.192. The first-order valence-electron chi connectivity index (χ1n) is 11.5. The predicted molar refractivity (Wildman–Crippen MR) is 143 cm³/mol. The number of hydrogen-bond donors (Lipinski definition) is 3. The number of sulfonamides is 1. The Kier molecular flexibility index (Phi) is 7.67. The van der Waals surface area contributed by atoms with Crippen molar-refractivity contribution < 1.29 is 18.4 Å². The Labute approximate surface area is 214 Å². The van der Waals surface area contributed by atoms with E-state index in [1.807, 2.05) is 49.3 Å². The van der Waals surface area contributed by atoms with Gasteiger partial charge in [-0.2, -0.15) is 0 Å². The van der Waals surface area contributed by atoms with Gasteiger partial charge in [-0.3, -0.25) is 10.1 Å². The monoisotopic (exact) mass is 521 g/mol. The zero-order valence-electron chi connectivity index (χ0n) is 20.4. The van der Waals surface area contributed by atoms with Crippen LogP contribution in [0.15, 0.2) is 82.7 Å². The Hall–Kier alpha value is -4.06. The van der Waals surface area contributed by atoms with Gasteiger partial charge in [0.1, 0.15) is 0 Å². The van der Waals surface area contributed by atoms with Crippen LogP contribution < -0.4 is 4.72 Å². The molecule has 0 spiro atoms. The third-order valence-electron chi connectivity index (χ3n) is 5.72. The van der Waals surface area contributed by atoms with Crippen molar-refractivity contribution in [3.05, 3.63) is 94.0 Å². The molecule has 0 radical (unpaired) electrons. The number of benzene rings is 3. The summed E-state index contributed by atoms with van der Waals surface area (Å²) in [5.74, 6) is -0.181. The maximum Gasteiger partial charge on any atom is 0.270 e. The number of hydrogen-bond acceptors (Lipinski definition) is 7. The summed E-state index contributed by atoms with van der Waals surface area (Å²) in [7, 11) is 0.178. The van der Waals surface area contributed by atoms with Crippen LogP contribution in [0.1, 0.15) is 17.5 Å². The van der Waals surface area contributed by atoms with Crippen LogP contribution >= 0.6 is 0 Å². The highest BCUT2D eigenvalue weighted by molar-refractivity contribution is 7.89. The first-order valence-corrected chi connectivity index (χ1v) is 13.0. The second-order valence-corrected chi connectivity index (χ2v) is 10.5. The molecule has 0 unspecified atom stereocenters. The first-order chi connectivity index (χ1) is 17.7. The maximum absolute atomic E-state index is 12.6. The van der Waals surface area contributed by atoms with Crippen molar-refractivity contribution in [2.45, 2.75) is 11.3 Å². The Balaban J connectivity index is 1.73. The normalized spacial score (nSPS) is 12.4. The van der Waals surface area contributed by atoms with E-state index in [4.69, 9.17) is 4.99 Å². The zero-order valence-corrected chi connectivity index (χ0v) is 21.2. The molecular formula is C26H27N5O5S. The molecule has 37 heavy (non-hydrogen) atoms. The Morgan fingerprint density at radius 1 is 1.08 bits per heavy atom.